The molecule has 0 saturated heterocycles. The van der Waals surface area contributed by atoms with Gasteiger partial charge in [0.25, 0.3) is 0 Å². The van der Waals surface area contributed by atoms with Crippen LogP contribution in [0.1, 0.15) is 26.3 Å². The second kappa shape index (κ2) is 5.87. The molecule has 3 N–H and O–H groups in total. The highest BCUT2D eigenvalue weighted by molar-refractivity contribution is 5.73. The molecule has 0 aliphatic heterocycles. The van der Waals surface area contributed by atoms with Gasteiger partial charge >= 0.3 is 5.97 Å². The molecule has 0 amide bonds. The van der Waals surface area contributed by atoms with Gasteiger partial charge in [-0.05, 0) is 29.5 Å². The molecule has 0 heterocycles. The molecular weight excluding hydrogens is 230 g/mol. The van der Waals surface area contributed by atoms with Crippen LogP contribution in [-0.4, -0.2) is 23.7 Å². The molecular formula is C14H21NO3. The van der Waals surface area contributed by atoms with Gasteiger partial charge < -0.3 is 15.6 Å². The Morgan fingerprint density at radius 1 is 1.33 bits per heavy atom. The number of nitrogens with two attached hydrogens (primary N) is 1. The van der Waals surface area contributed by atoms with Gasteiger partial charge in [0.1, 0.15) is 11.8 Å². The zero-order chi connectivity index (χ0) is 13.8. The minimum Gasteiger partial charge on any atom is -0.493 e. The second-order valence-electron chi connectivity index (χ2n) is 5.64. The van der Waals surface area contributed by atoms with Crippen LogP contribution < -0.4 is 10.5 Å². The first-order chi connectivity index (χ1) is 8.28. The number of carboxylic acid groups (broad SMARTS) is 1. The van der Waals surface area contributed by atoms with Gasteiger partial charge in [-0.3, -0.25) is 4.79 Å². The first kappa shape index (κ1) is 14.5. The molecule has 0 aliphatic rings. The van der Waals surface area contributed by atoms with E-state index in [-0.39, 0.29) is 5.41 Å². The van der Waals surface area contributed by atoms with E-state index in [0.717, 1.165) is 11.3 Å². The first-order valence-electron chi connectivity index (χ1n) is 5.98. The summed E-state index contributed by atoms with van der Waals surface area (Å²) in [6, 6.07) is 6.53. The smallest absolute Gasteiger partial charge is 0.320 e. The molecule has 18 heavy (non-hydrogen) atoms. The lowest BCUT2D eigenvalue weighted by atomic mass is 9.99. The van der Waals surface area contributed by atoms with Gasteiger partial charge in [0.2, 0.25) is 0 Å². The third-order valence-corrected chi connectivity index (χ3v) is 2.37. The van der Waals surface area contributed by atoms with Crippen molar-refractivity contribution in [2.75, 3.05) is 6.61 Å². The maximum Gasteiger partial charge on any atom is 0.320 e. The van der Waals surface area contributed by atoms with Crippen LogP contribution >= 0.6 is 0 Å². The molecule has 0 fully saturated rings. The lowest BCUT2D eigenvalue weighted by Crippen LogP contribution is -2.32. The Morgan fingerprint density at radius 2 is 1.89 bits per heavy atom. The Hall–Kier alpha value is -1.55. The van der Waals surface area contributed by atoms with Gasteiger partial charge in [-0.2, -0.15) is 0 Å². The maximum absolute atomic E-state index is 10.6. The summed E-state index contributed by atoms with van der Waals surface area (Å²) in [6.45, 7) is 6.95. The number of hydrogen-bond acceptors (Lipinski definition) is 3. The summed E-state index contributed by atoms with van der Waals surface area (Å²) >= 11 is 0. The summed E-state index contributed by atoms with van der Waals surface area (Å²) in [7, 11) is 0. The lowest BCUT2D eigenvalue weighted by molar-refractivity contribution is -0.138. The average molecular weight is 251 g/mol. The number of ether oxygens (including phenoxy) is 1. The van der Waals surface area contributed by atoms with Crippen LogP contribution in [0.2, 0.25) is 0 Å². The van der Waals surface area contributed by atoms with Crippen molar-refractivity contribution < 1.29 is 14.6 Å². The highest BCUT2D eigenvalue weighted by atomic mass is 16.5. The SMILES string of the molecule is CC(C)(C)COc1ccc(C[C@@H](N)C(=O)O)cc1. The fourth-order valence-corrected chi connectivity index (χ4v) is 1.36. The number of aliphatic carboxylic acids is 1. The Kier molecular flexibility index (Phi) is 4.73. The molecule has 1 aromatic rings. The first-order valence-corrected chi connectivity index (χ1v) is 5.98. The normalized spacial score (nSPS) is 13.1. The number of hydrogen-bond donors (Lipinski definition) is 2. The molecule has 1 rings (SSSR count). The minimum atomic E-state index is -0.983. The Bertz CT molecular complexity index is 392. The van der Waals surface area contributed by atoms with Crippen molar-refractivity contribution >= 4 is 5.97 Å². The second-order valence-corrected chi connectivity index (χ2v) is 5.64. The highest BCUT2D eigenvalue weighted by Crippen LogP contribution is 2.18. The van der Waals surface area contributed by atoms with Gasteiger partial charge in [0.15, 0.2) is 0 Å². The van der Waals surface area contributed by atoms with Crippen LogP contribution in [0.4, 0.5) is 0 Å². The minimum absolute atomic E-state index is 0.115. The van der Waals surface area contributed by atoms with E-state index >= 15 is 0 Å². The fourth-order valence-electron chi connectivity index (χ4n) is 1.36. The molecule has 4 heteroatoms. The lowest BCUT2D eigenvalue weighted by Gasteiger charge is -2.19. The van der Waals surface area contributed by atoms with E-state index in [1.807, 2.05) is 24.3 Å². The van der Waals surface area contributed by atoms with E-state index in [1.54, 1.807) is 0 Å². The summed E-state index contributed by atoms with van der Waals surface area (Å²) < 4.78 is 5.63. The van der Waals surface area contributed by atoms with E-state index in [0.29, 0.717) is 13.0 Å². The van der Waals surface area contributed by atoms with E-state index in [1.165, 1.54) is 0 Å². The third-order valence-electron chi connectivity index (χ3n) is 2.37. The summed E-state index contributed by atoms with van der Waals surface area (Å²) in [5.41, 5.74) is 6.48. The van der Waals surface area contributed by atoms with E-state index in [4.69, 9.17) is 15.6 Å². The maximum atomic E-state index is 10.6. The summed E-state index contributed by atoms with van der Waals surface area (Å²) in [4.78, 5) is 10.6. The van der Waals surface area contributed by atoms with Crippen molar-refractivity contribution in [1.29, 1.82) is 0 Å². The molecule has 1 atom stereocenters. The standard InChI is InChI=1S/C14H21NO3/c1-14(2,3)9-18-11-6-4-10(5-7-11)8-12(15)13(16)17/h4-7,12H,8-9,15H2,1-3H3,(H,16,17)/t12-/m1/s1. The van der Waals surface area contributed by atoms with Crippen LogP contribution in [0.5, 0.6) is 5.75 Å². The Labute approximate surface area is 108 Å². The third kappa shape index (κ3) is 5.19. The van der Waals surface area contributed by atoms with E-state index in [2.05, 4.69) is 20.8 Å². The largest absolute Gasteiger partial charge is 0.493 e. The van der Waals surface area contributed by atoms with Crippen molar-refractivity contribution in [3.8, 4) is 5.75 Å². The molecule has 0 radical (unpaired) electrons. The number of benzene rings is 1. The Balaban J connectivity index is 2.55. The van der Waals surface area contributed by atoms with Crippen molar-refractivity contribution in [2.45, 2.75) is 33.2 Å². The molecule has 4 nitrogen and oxygen atoms in total. The van der Waals surface area contributed by atoms with Gasteiger partial charge in [-0.1, -0.05) is 32.9 Å². The van der Waals surface area contributed by atoms with Crippen LogP contribution in [0.25, 0.3) is 0 Å². The zero-order valence-corrected chi connectivity index (χ0v) is 11.1. The van der Waals surface area contributed by atoms with Crippen LogP contribution in [-0.2, 0) is 11.2 Å². The molecule has 0 unspecified atom stereocenters. The molecule has 1 aromatic carbocycles. The summed E-state index contributed by atoms with van der Waals surface area (Å²) in [6.07, 6.45) is 0.328. The van der Waals surface area contributed by atoms with Crippen LogP contribution in [0, 0.1) is 5.41 Å². The molecule has 0 aromatic heterocycles. The monoisotopic (exact) mass is 251 g/mol. The van der Waals surface area contributed by atoms with E-state index < -0.39 is 12.0 Å². The van der Waals surface area contributed by atoms with Crippen molar-refractivity contribution in [3.05, 3.63) is 29.8 Å². The number of carbonyl (C=O) groups is 1. The Morgan fingerprint density at radius 3 is 2.33 bits per heavy atom. The van der Waals surface area contributed by atoms with Crippen molar-refractivity contribution in [2.24, 2.45) is 11.1 Å². The highest BCUT2D eigenvalue weighted by Gasteiger charge is 2.13. The predicted molar refractivity (Wildman–Crippen MR) is 70.7 cm³/mol. The molecule has 0 spiro atoms. The fraction of sp³-hybridized carbons (Fsp3) is 0.500. The van der Waals surface area contributed by atoms with Gasteiger partial charge in [0.05, 0.1) is 6.61 Å². The zero-order valence-electron chi connectivity index (χ0n) is 11.1. The quantitative estimate of drug-likeness (QED) is 0.840. The number of rotatable bonds is 5. The van der Waals surface area contributed by atoms with Crippen LogP contribution in [0.3, 0.4) is 0 Å². The number of carboxylic acids is 1. The van der Waals surface area contributed by atoms with Crippen molar-refractivity contribution in [3.63, 3.8) is 0 Å². The van der Waals surface area contributed by atoms with Gasteiger partial charge in [-0.25, -0.2) is 0 Å². The van der Waals surface area contributed by atoms with E-state index in [9.17, 15) is 4.79 Å². The average Bonchev–Trinajstić information content (AvgIpc) is 2.27. The molecule has 0 saturated carbocycles. The predicted octanol–water partition coefficient (Wildman–Crippen LogP) is 2.07. The topological polar surface area (TPSA) is 72.5 Å². The van der Waals surface area contributed by atoms with Crippen LogP contribution in [0.15, 0.2) is 24.3 Å². The van der Waals surface area contributed by atoms with Crippen molar-refractivity contribution in [1.82, 2.24) is 0 Å². The molecule has 100 valence electrons. The molecule has 0 aliphatic carbocycles. The van der Waals surface area contributed by atoms with Gasteiger partial charge in [-0.15, -0.1) is 0 Å². The van der Waals surface area contributed by atoms with Gasteiger partial charge in [0, 0.05) is 0 Å². The molecule has 0 bridgehead atoms. The summed E-state index contributed by atoms with van der Waals surface area (Å²) in [5, 5.41) is 8.72. The summed E-state index contributed by atoms with van der Waals surface area (Å²) in [5.74, 6) is -0.194.